The van der Waals surface area contributed by atoms with Crippen molar-refractivity contribution in [3.8, 4) is 0 Å². The highest BCUT2D eigenvalue weighted by Crippen LogP contribution is 2.36. The van der Waals surface area contributed by atoms with Crippen LogP contribution in [0.1, 0.15) is 181 Å². The predicted octanol–water partition coefficient (Wildman–Crippen LogP) is 11.4. The number of phosphoric ester groups is 1. The molecule has 0 aliphatic heterocycles. The van der Waals surface area contributed by atoms with Crippen LogP contribution < -0.4 is 0 Å². The first-order valence-electron chi connectivity index (χ1n) is 19.3. The van der Waals surface area contributed by atoms with Crippen molar-refractivity contribution in [2.24, 2.45) is 0 Å². The van der Waals surface area contributed by atoms with Crippen molar-refractivity contribution >= 4 is 19.8 Å². The number of rotatable bonds is 35. The van der Waals surface area contributed by atoms with Crippen LogP contribution >= 0.6 is 7.82 Å². The molecule has 0 aromatic heterocycles. The number of ether oxygens (including phenoxy) is 2. The lowest BCUT2D eigenvalue weighted by Crippen LogP contribution is -2.29. The zero-order valence-electron chi connectivity index (χ0n) is 30.6. The van der Waals surface area contributed by atoms with E-state index in [1.807, 2.05) is 0 Å². The fourth-order valence-corrected chi connectivity index (χ4v) is 5.58. The molecule has 0 amide bonds. The Kier molecular flexibility index (Phi) is 33.8. The minimum atomic E-state index is -4.76. The van der Waals surface area contributed by atoms with Crippen LogP contribution in [-0.2, 0) is 28.2 Å². The van der Waals surface area contributed by atoms with Gasteiger partial charge in [-0.2, -0.15) is 0 Å². The molecule has 0 bridgehead atoms. The molecule has 0 fully saturated rings. The predicted molar refractivity (Wildman–Crippen MR) is 198 cm³/mol. The van der Waals surface area contributed by atoms with Gasteiger partial charge in [0.25, 0.3) is 0 Å². The summed E-state index contributed by atoms with van der Waals surface area (Å²) in [6.07, 6.45) is 40.0. The van der Waals surface area contributed by atoms with Crippen molar-refractivity contribution in [1.29, 1.82) is 0 Å². The molecule has 1 atom stereocenters. The van der Waals surface area contributed by atoms with Gasteiger partial charge in [-0.25, -0.2) is 4.57 Å². The number of unbranched alkanes of at least 4 members (excludes halogenated alkanes) is 19. The Morgan fingerprint density at radius 3 is 1.46 bits per heavy atom. The third-order valence-corrected chi connectivity index (χ3v) is 8.62. The van der Waals surface area contributed by atoms with Gasteiger partial charge in [0.05, 0.1) is 6.61 Å². The smallest absolute Gasteiger partial charge is 0.462 e. The molecule has 0 radical (unpaired) electrons. The molecule has 0 unspecified atom stereocenters. The first-order valence-corrected chi connectivity index (χ1v) is 20.8. The lowest BCUT2D eigenvalue weighted by Gasteiger charge is -2.18. The normalized spacial score (nSPS) is 12.8. The van der Waals surface area contributed by atoms with Gasteiger partial charge in [-0.05, 0) is 70.6 Å². The second-order valence-electron chi connectivity index (χ2n) is 12.9. The summed E-state index contributed by atoms with van der Waals surface area (Å²) in [7, 11) is -4.76. The van der Waals surface area contributed by atoms with Crippen LogP contribution in [0.4, 0.5) is 0 Å². The molecule has 8 nitrogen and oxygen atoms in total. The van der Waals surface area contributed by atoms with Crippen molar-refractivity contribution in [2.45, 2.75) is 187 Å². The summed E-state index contributed by atoms with van der Waals surface area (Å²) in [4.78, 5) is 42.7. The summed E-state index contributed by atoms with van der Waals surface area (Å²) in [5, 5.41) is 0. The van der Waals surface area contributed by atoms with Gasteiger partial charge in [-0.15, -0.1) is 0 Å². The van der Waals surface area contributed by atoms with Crippen molar-refractivity contribution < 1.29 is 37.9 Å². The van der Waals surface area contributed by atoms with E-state index in [9.17, 15) is 14.2 Å². The number of allylic oxidation sites excluding steroid dienone is 6. The van der Waals surface area contributed by atoms with Gasteiger partial charge < -0.3 is 19.3 Å². The Balaban J connectivity index is 4.01. The molecule has 0 aromatic rings. The molecule has 2 N–H and O–H groups in total. The molecule has 9 heteroatoms. The van der Waals surface area contributed by atoms with Gasteiger partial charge in [0.2, 0.25) is 0 Å². The lowest BCUT2D eigenvalue weighted by molar-refractivity contribution is -0.161. The van der Waals surface area contributed by atoms with Gasteiger partial charge in [-0.1, -0.05) is 134 Å². The van der Waals surface area contributed by atoms with Crippen LogP contribution in [0.2, 0.25) is 0 Å². The average Bonchev–Trinajstić information content (AvgIpc) is 3.05. The third kappa shape index (κ3) is 37.1. The topological polar surface area (TPSA) is 119 Å². The summed E-state index contributed by atoms with van der Waals surface area (Å²) in [6.45, 7) is 3.62. The molecule has 0 aliphatic rings. The van der Waals surface area contributed by atoms with Gasteiger partial charge in [0.15, 0.2) is 6.10 Å². The molecule has 0 aromatic carbocycles. The summed E-state index contributed by atoms with van der Waals surface area (Å²) in [5.74, 6) is -0.919. The van der Waals surface area contributed by atoms with Crippen molar-refractivity contribution in [2.75, 3.05) is 13.2 Å². The van der Waals surface area contributed by atoms with E-state index < -0.39 is 32.5 Å². The SMILES string of the molecule is CCCCC/C=C/C/C=C/CCCCCCCC(=O)OC[C@H](COP(=O)(O)O)OC(=O)CCCCC/C=C/CCCCCCCCCC. The average molecular weight is 699 g/mol. The Hall–Kier alpha value is -1.73. The first-order chi connectivity index (χ1) is 23.3. The number of hydrogen-bond acceptors (Lipinski definition) is 6. The zero-order chi connectivity index (χ0) is 35.4. The number of esters is 2. The van der Waals surface area contributed by atoms with E-state index in [1.165, 1.54) is 77.0 Å². The van der Waals surface area contributed by atoms with E-state index in [2.05, 4.69) is 54.8 Å². The molecular weight excluding hydrogens is 627 g/mol. The van der Waals surface area contributed by atoms with E-state index in [1.54, 1.807) is 0 Å². The molecule has 0 heterocycles. The minimum absolute atomic E-state index is 0.189. The maximum absolute atomic E-state index is 12.4. The number of hydrogen-bond donors (Lipinski definition) is 2. The van der Waals surface area contributed by atoms with E-state index in [4.69, 9.17) is 19.3 Å². The highest BCUT2D eigenvalue weighted by Gasteiger charge is 2.22. The van der Waals surface area contributed by atoms with E-state index >= 15 is 0 Å². The van der Waals surface area contributed by atoms with Crippen molar-refractivity contribution in [3.05, 3.63) is 36.5 Å². The molecule has 0 saturated carbocycles. The Bertz CT molecular complexity index is 879. The number of carbonyl (C=O) groups is 2. The van der Waals surface area contributed by atoms with Crippen LogP contribution in [0.5, 0.6) is 0 Å². The molecular formula is C39H71O8P. The monoisotopic (exact) mass is 698 g/mol. The standard InChI is InChI=1S/C39H71O8P/c1-3-5-7-9-11-13-15-17-19-21-23-25-27-29-31-33-38(40)45-35-37(36-46-48(42,43)44)47-39(41)34-32-30-28-26-24-22-20-18-16-14-12-10-8-6-4-2/h11,13,17,19,22,24,37H,3-10,12,14-16,18,20-21,23,25-36H2,1-2H3,(H2,42,43,44)/b13-11+,19-17+,24-22+/t37-/m1/s1. The minimum Gasteiger partial charge on any atom is -0.462 e. The number of phosphoric acid groups is 1. The molecule has 0 spiro atoms. The second-order valence-corrected chi connectivity index (χ2v) is 14.1. The van der Waals surface area contributed by atoms with Gasteiger partial charge >= 0.3 is 19.8 Å². The van der Waals surface area contributed by atoms with Crippen LogP contribution in [0.15, 0.2) is 36.5 Å². The van der Waals surface area contributed by atoms with Crippen LogP contribution in [0, 0.1) is 0 Å². The zero-order valence-corrected chi connectivity index (χ0v) is 31.5. The molecule has 0 aliphatic carbocycles. The molecule has 0 saturated heterocycles. The third-order valence-electron chi connectivity index (χ3n) is 8.13. The fourth-order valence-electron chi connectivity index (χ4n) is 5.22. The van der Waals surface area contributed by atoms with Gasteiger partial charge in [-0.3, -0.25) is 14.1 Å². The summed E-state index contributed by atoms with van der Waals surface area (Å²) < 4.78 is 26.3. The second kappa shape index (κ2) is 35.1. The van der Waals surface area contributed by atoms with Crippen LogP contribution in [0.25, 0.3) is 0 Å². The Labute approximate surface area is 293 Å². The van der Waals surface area contributed by atoms with Gasteiger partial charge in [0, 0.05) is 12.8 Å². The summed E-state index contributed by atoms with van der Waals surface area (Å²) in [6, 6.07) is 0. The Morgan fingerprint density at radius 1 is 0.542 bits per heavy atom. The van der Waals surface area contributed by atoms with Crippen molar-refractivity contribution in [1.82, 2.24) is 0 Å². The molecule has 48 heavy (non-hydrogen) atoms. The van der Waals surface area contributed by atoms with E-state index in [-0.39, 0.29) is 19.4 Å². The van der Waals surface area contributed by atoms with Crippen LogP contribution in [-0.4, -0.2) is 41.0 Å². The molecule has 0 rings (SSSR count). The maximum Gasteiger partial charge on any atom is 0.469 e. The molecule has 280 valence electrons. The highest BCUT2D eigenvalue weighted by molar-refractivity contribution is 7.46. The largest absolute Gasteiger partial charge is 0.469 e. The van der Waals surface area contributed by atoms with Crippen molar-refractivity contribution in [3.63, 3.8) is 0 Å². The quantitative estimate of drug-likeness (QED) is 0.0290. The maximum atomic E-state index is 12.4. The highest BCUT2D eigenvalue weighted by atomic mass is 31.2. The summed E-state index contributed by atoms with van der Waals surface area (Å²) in [5.41, 5.74) is 0. The fraction of sp³-hybridized carbons (Fsp3) is 0.795. The Morgan fingerprint density at radius 2 is 0.938 bits per heavy atom. The van der Waals surface area contributed by atoms with E-state index in [0.29, 0.717) is 12.8 Å². The number of carbonyl (C=O) groups excluding carboxylic acids is 2. The first kappa shape index (κ1) is 46.3. The van der Waals surface area contributed by atoms with Gasteiger partial charge in [0.1, 0.15) is 6.61 Å². The lowest BCUT2D eigenvalue weighted by atomic mass is 10.1. The van der Waals surface area contributed by atoms with E-state index in [0.717, 1.165) is 64.2 Å². The summed E-state index contributed by atoms with van der Waals surface area (Å²) >= 11 is 0. The van der Waals surface area contributed by atoms with Crippen LogP contribution in [0.3, 0.4) is 0 Å².